The van der Waals surface area contributed by atoms with Crippen molar-refractivity contribution in [1.29, 1.82) is 0 Å². The predicted octanol–water partition coefficient (Wildman–Crippen LogP) is 5.71. The minimum absolute atomic E-state index is 0.198. The third-order valence-electron chi connectivity index (χ3n) is 3.96. The van der Waals surface area contributed by atoms with Crippen LogP contribution < -0.4 is 10.6 Å². The molecule has 0 aliphatic heterocycles. The lowest BCUT2D eigenvalue weighted by Gasteiger charge is -2.17. The molecule has 0 atom stereocenters. The van der Waals surface area contributed by atoms with E-state index in [0.717, 1.165) is 22.4 Å². The van der Waals surface area contributed by atoms with E-state index in [4.69, 9.17) is 9.05 Å². The van der Waals surface area contributed by atoms with Gasteiger partial charge in [-0.1, -0.05) is 30.3 Å². The lowest BCUT2D eigenvalue weighted by molar-refractivity contribution is 0.219. The Morgan fingerprint density at radius 1 is 0.926 bits per heavy atom. The topological polar surface area (TPSA) is 76.7 Å². The van der Waals surface area contributed by atoms with Crippen molar-refractivity contribution in [3.63, 3.8) is 0 Å². The summed E-state index contributed by atoms with van der Waals surface area (Å²) in [6.45, 7) is 8.13. The molecule has 0 spiro atoms. The summed E-state index contributed by atoms with van der Waals surface area (Å²) in [6, 6.07) is 12.7. The lowest BCUT2D eigenvalue weighted by Crippen LogP contribution is -2.20. The highest BCUT2D eigenvalue weighted by Gasteiger charge is 2.23. The highest BCUT2D eigenvalue weighted by atomic mass is 31.2. The zero-order chi connectivity index (χ0) is 19.9. The summed E-state index contributed by atoms with van der Waals surface area (Å²) < 4.78 is 23.2. The molecule has 6 nitrogen and oxygen atoms in total. The van der Waals surface area contributed by atoms with Crippen LogP contribution in [0.5, 0.6) is 0 Å². The van der Waals surface area contributed by atoms with E-state index in [1.54, 1.807) is 38.1 Å². The van der Waals surface area contributed by atoms with Gasteiger partial charge in [-0.15, -0.1) is 0 Å². The maximum atomic E-state index is 12.6. The molecule has 146 valence electrons. The Hall–Kier alpha value is -2.14. The first kappa shape index (κ1) is 21.2. The van der Waals surface area contributed by atoms with Crippen LogP contribution in [0.25, 0.3) is 0 Å². The highest BCUT2D eigenvalue weighted by molar-refractivity contribution is 7.53. The number of aryl methyl sites for hydroxylation is 2. The first-order valence-corrected chi connectivity index (χ1v) is 10.7. The summed E-state index contributed by atoms with van der Waals surface area (Å²) in [7, 11) is -3.14. The molecule has 0 aromatic heterocycles. The number of hydrogen-bond donors (Lipinski definition) is 2. The first-order chi connectivity index (χ1) is 12.9. The largest absolute Gasteiger partial charge is 0.335 e. The fourth-order valence-electron chi connectivity index (χ4n) is 2.73. The molecule has 0 unspecified atom stereocenters. The molecule has 2 amide bonds. The molecule has 0 radical (unpaired) electrons. The summed E-state index contributed by atoms with van der Waals surface area (Å²) in [6.07, 6.45) is 0.198. The van der Waals surface area contributed by atoms with Crippen molar-refractivity contribution in [2.75, 3.05) is 23.8 Å². The number of hydrogen-bond acceptors (Lipinski definition) is 4. The molecule has 2 aromatic carbocycles. The second-order valence-corrected chi connectivity index (χ2v) is 8.20. The zero-order valence-electron chi connectivity index (χ0n) is 16.2. The Labute approximate surface area is 160 Å². The zero-order valence-corrected chi connectivity index (χ0v) is 17.1. The van der Waals surface area contributed by atoms with Gasteiger partial charge < -0.3 is 19.7 Å². The van der Waals surface area contributed by atoms with Gasteiger partial charge in [0.2, 0.25) is 0 Å². The number of carbonyl (C=O) groups excluding carboxylic acids is 1. The molecule has 27 heavy (non-hydrogen) atoms. The van der Waals surface area contributed by atoms with E-state index in [9.17, 15) is 9.36 Å². The molecule has 0 aliphatic carbocycles. The van der Waals surface area contributed by atoms with E-state index >= 15 is 0 Å². The Morgan fingerprint density at radius 2 is 1.48 bits per heavy atom. The van der Waals surface area contributed by atoms with E-state index in [0.29, 0.717) is 18.9 Å². The van der Waals surface area contributed by atoms with Crippen LogP contribution in [-0.4, -0.2) is 19.2 Å². The van der Waals surface area contributed by atoms with Crippen molar-refractivity contribution in [2.45, 2.75) is 33.9 Å². The minimum Gasteiger partial charge on any atom is -0.309 e. The normalized spacial score (nSPS) is 11.3. The van der Waals surface area contributed by atoms with Crippen LogP contribution in [0.3, 0.4) is 0 Å². The SMILES string of the molecule is CCOP(=O)(Cc1ccc(NC(=O)Nc2c(C)cccc2C)cc1)OCC. The maximum absolute atomic E-state index is 12.6. The average Bonchev–Trinajstić information content (AvgIpc) is 2.60. The minimum atomic E-state index is -3.14. The Morgan fingerprint density at radius 3 is 2.00 bits per heavy atom. The second-order valence-electron chi connectivity index (χ2n) is 6.15. The van der Waals surface area contributed by atoms with Crippen LogP contribution in [0, 0.1) is 13.8 Å². The number of urea groups is 1. The Bertz CT molecular complexity index is 791. The predicted molar refractivity (Wildman–Crippen MR) is 110 cm³/mol. The van der Waals surface area contributed by atoms with Crippen LogP contribution in [-0.2, 0) is 19.8 Å². The summed E-state index contributed by atoms with van der Waals surface area (Å²) >= 11 is 0. The summed E-state index contributed by atoms with van der Waals surface area (Å²) in [5.41, 5.74) is 4.28. The number of nitrogens with one attached hydrogen (secondary N) is 2. The van der Waals surface area contributed by atoms with Crippen LogP contribution in [0.2, 0.25) is 0 Å². The fraction of sp³-hybridized carbons (Fsp3) is 0.350. The second kappa shape index (κ2) is 9.70. The Balaban J connectivity index is 2.01. The van der Waals surface area contributed by atoms with Crippen molar-refractivity contribution < 1.29 is 18.4 Å². The van der Waals surface area contributed by atoms with Crippen molar-refractivity contribution in [1.82, 2.24) is 0 Å². The van der Waals surface area contributed by atoms with Gasteiger partial charge >= 0.3 is 13.6 Å². The summed E-state index contributed by atoms with van der Waals surface area (Å²) in [5, 5.41) is 5.68. The lowest BCUT2D eigenvalue weighted by atomic mass is 10.1. The number of rotatable bonds is 8. The van der Waals surface area contributed by atoms with Gasteiger partial charge in [-0.2, -0.15) is 0 Å². The molecule has 2 aromatic rings. The fourth-order valence-corrected chi connectivity index (χ4v) is 4.43. The molecule has 0 heterocycles. The smallest absolute Gasteiger partial charge is 0.309 e. The van der Waals surface area contributed by atoms with Gasteiger partial charge in [0.25, 0.3) is 0 Å². The van der Waals surface area contributed by atoms with Crippen LogP contribution in [0.1, 0.15) is 30.5 Å². The summed E-state index contributed by atoms with van der Waals surface area (Å²) in [4.78, 5) is 12.3. The molecule has 0 bridgehead atoms. The first-order valence-electron chi connectivity index (χ1n) is 8.98. The van der Waals surface area contributed by atoms with Gasteiger partial charge in [0.15, 0.2) is 0 Å². The third-order valence-corrected chi connectivity index (χ3v) is 6.01. The van der Waals surface area contributed by atoms with Crippen LogP contribution in [0.15, 0.2) is 42.5 Å². The van der Waals surface area contributed by atoms with Gasteiger partial charge in [0.1, 0.15) is 0 Å². The quantitative estimate of drug-likeness (QED) is 0.566. The van der Waals surface area contributed by atoms with Gasteiger partial charge in [-0.25, -0.2) is 4.79 Å². The molecule has 0 saturated carbocycles. The Kier molecular flexibility index (Phi) is 7.60. The molecule has 2 N–H and O–H groups in total. The van der Waals surface area contributed by atoms with E-state index in [1.807, 2.05) is 32.0 Å². The summed E-state index contributed by atoms with van der Waals surface area (Å²) in [5.74, 6) is 0. The molecule has 0 saturated heterocycles. The molecule has 7 heteroatoms. The molecular formula is C20H27N2O4P. The van der Waals surface area contributed by atoms with Crippen molar-refractivity contribution in [3.05, 3.63) is 59.2 Å². The van der Waals surface area contributed by atoms with E-state index in [-0.39, 0.29) is 12.2 Å². The number of anilines is 2. The van der Waals surface area contributed by atoms with Crippen molar-refractivity contribution in [2.24, 2.45) is 0 Å². The number of benzene rings is 2. The van der Waals surface area contributed by atoms with Gasteiger partial charge in [0.05, 0.1) is 19.4 Å². The molecule has 0 aliphatic rings. The highest BCUT2D eigenvalue weighted by Crippen LogP contribution is 2.51. The maximum Gasteiger partial charge on any atom is 0.335 e. The van der Waals surface area contributed by atoms with E-state index in [2.05, 4.69) is 10.6 Å². The number of para-hydroxylation sites is 1. The van der Waals surface area contributed by atoms with Crippen molar-refractivity contribution >= 4 is 25.0 Å². The van der Waals surface area contributed by atoms with Crippen molar-refractivity contribution in [3.8, 4) is 0 Å². The average molecular weight is 390 g/mol. The molecular weight excluding hydrogens is 363 g/mol. The third kappa shape index (κ3) is 6.21. The monoisotopic (exact) mass is 390 g/mol. The van der Waals surface area contributed by atoms with Gasteiger partial charge in [-0.3, -0.25) is 4.57 Å². The standard InChI is InChI=1S/C20H27N2O4P/c1-5-25-27(24,26-6-2)14-17-10-12-18(13-11-17)21-20(23)22-19-15(3)8-7-9-16(19)4/h7-13H,5-6,14H2,1-4H3,(H2,21,22,23). The van der Waals surface area contributed by atoms with Gasteiger partial charge in [0, 0.05) is 11.4 Å². The van der Waals surface area contributed by atoms with Crippen LogP contribution >= 0.6 is 7.60 Å². The van der Waals surface area contributed by atoms with E-state index < -0.39 is 7.60 Å². The van der Waals surface area contributed by atoms with E-state index in [1.165, 1.54) is 0 Å². The molecule has 0 fully saturated rings. The number of carbonyl (C=O) groups is 1. The molecule has 2 rings (SSSR count). The number of amides is 2. The van der Waals surface area contributed by atoms with Crippen LogP contribution in [0.4, 0.5) is 16.2 Å². The van der Waals surface area contributed by atoms with Gasteiger partial charge in [-0.05, 0) is 56.5 Å².